The zero-order valence-electron chi connectivity index (χ0n) is 19.9. The van der Waals surface area contributed by atoms with Crippen LogP contribution in [0.15, 0.2) is 91.0 Å². The summed E-state index contributed by atoms with van der Waals surface area (Å²) in [4.78, 5) is 0. The molecule has 34 heavy (non-hydrogen) atoms. The maximum absolute atomic E-state index is 6.47. The highest BCUT2D eigenvalue weighted by Crippen LogP contribution is 2.32. The summed E-state index contributed by atoms with van der Waals surface area (Å²) >= 11 is 0. The molecule has 0 N–H and O–H groups in total. The normalized spacial score (nSPS) is 24.7. The molecule has 0 bridgehead atoms. The summed E-state index contributed by atoms with van der Waals surface area (Å²) in [5.41, 5.74) is 3.35. The van der Waals surface area contributed by atoms with Crippen molar-refractivity contribution in [1.29, 1.82) is 0 Å². The molecule has 1 saturated heterocycles. The van der Waals surface area contributed by atoms with Gasteiger partial charge in [-0.1, -0.05) is 97.9 Å². The predicted octanol–water partition coefficient (Wildman–Crippen LogP) is 5.38. The van der Waals surface area contributed by atoms with Crippen LogP contribution >= 0.6 is 0 Å². The fourth-order valence-electron chi connectivity index (χ4n) is 4.24. The van der Waals surface area contributed by atoms with Gasteiger partial charge in [-0.2, -0.15) is 0 Å². The van der Waals surface area contributed by atoms with E-state index in [2.05, 4.69) is 43.3 Å². The van der Waals surface area contributed by atoms with Crippen molar-refractivity contribution in [3.8, 4) is 0 Å². The van der Waals surface area contributed by atoms with Crippen molar-refractivity contribution in [3.05, 3.63) is 108 Å². The lowest BCUT2D eigenvalue weighted by atomic mass is 9.90. The van der Waals surface area contributed by atoms with Gasteiger partial charge in [-0.05, 0) is 16.7 Å². The van der Waals surface area contributed by atoms with Gasteiger partial charge in [0.2, 0.25) is 0 Å². The summed E-state index contributed by atoms with van der Waals surface area (Å²) in [6.45, 7) is 4.08. The Morgan fingerprint density at radius 1 is 0.647 bits per heavy atom. The van der Waals surface area contributed by atoms with Crippen molar-refractivity contribution < 1.29 is 23.7 Å². The first-order valence-corrected chi connectivity index (χ1v) is 11.9. The largest absolute Gasteiger partial charge is 0.374 e. The number of hydrogen-bond acceptors (Lipinski definition) is 5. The van der Waals surface area contributed by atoms with Crippen molar-refractivity contribution >= 4 is 0 Å². The predicted molar refractivity (Wildman–Crippen MR) is 131 cm³/mol. The first kappa shape index (κ1) is 24.6. The summed E-state index contributed by atoms with van der Waals surface area (Å²) in [5.74, 6) is 0.0478. The number of hydrogen-bond donors (Lipinski definition) is 0. The molecule has 0 saturated carbocycles. The molecule has 4 rings (SSSR count). The average Bonchev–Trinajstić information content (AvgIpc) is 2.89. The highest BCUT2D eigenvalue weighted by molar-refractivity contribution is 5.15. The maximum atomic E-state index is 6.47. The van der Waals surface area contributed by atoms with Crippen molar-refractivity contribution in [1.82, 2.24) is 0 Å². The highest BCUT2D eigenvalue weighted by Gasteiger charge is 2.45. The van der Waals surface area contributed by atoms with Gasteiger partial charge >= 0.3 is 0 Å². The lowest BCUT2D eigenvalue weighted by Crippen LogP contribution is -2.57. The van der Waals surface area contributed by atoms with E-state index < -0.39 is 6.29 Å². The molecule has 3 aromatic carbocycles. The Labute approximate surface area is 202 Å². The second kappa shape index (κ2) is 12.8. The van der Waals surface area contributed by atoms with Crippen LogP contribution < -0.4 is 0 Å². The molecule has 0 radical (unpaired) electrons. The average molecular weight is 463 g/mol. The van der Waals surface area contributed by atoms with E-state index in [0.29, 0.717) is 26.4 Å². The van der Waals surface area contributed by atoms with Crippen LogP contribution in [-0.2, 0) is 43.5 Å². The van der Waals surface area contributed by atoms with Gasteiger partial charge in [-0.15, -0.1) is 0 Å². The molecule has 1 aliphatic rings. The minimum absolute atomic E-state index is 0.0478. The van der Waals surface area contributed by atoms with Gasteiger partial charge in [0, 0.05) is 13.0 Å². The van der Waals surface area contributed by atoms with Gasteiger partial charge in [-0.3, -0.25) is 0 Å². The van der Waals surface area contributed by atoms with Crippen molar-refractivity contribution in [2.45, 2.75) is 51.3 Å². The molecule has 1 fully saturated rings. The van der Waals surface area contributed by atoms with Crippen LogP contribution in [-0.4, -0.2) is 38.3 Å². The number of methoxy groups -OCH3 is 1. The maximum Gasteiger partial charge on any atom is 0.186 e. The molecule has 5 nitrogen and oxygen atoms in total. The first-order chi connectivity index (χ1) is 16.7. The van der Waals surface area contributed by atoms with Gasteiger partial charge < -0.3 is 23.7 Å². The molecule has 5 heteroatoms. The van der Waals surface area contributed by atoms with Crippen LogP contribution in [0.3, 0.4) is 0 Å². The fourth-order valence-corrected chi connectivity index (χ4v) is 4.24. The van der Waals surface area contributed by atoms with Crippen LogP contribution in [0.5, 0.6) is 0 Å². The SMILES string of the molecule is CO[C@H]1O[C@H](COCc2ccccc2)[C@@H](C)[C@H](OCc2ccccc2)[C@@H]1OCc1ccccc1. The molecular weight excluding hydrogens is 428 g/mol. The molecule has 0 amide bonds. The van der Waals surface area contributed by atoms with Crippen molar-refractivity contribution in [2.24, 2.45) is 5.92 Å². The Morgan fingerprint density at radius 2 is 1.12 bits per heavy atom. The van der Waals surface area contributed by atoms with Gasteiger partial charge in [0.1, 0.15) is 6.10 Å². The Morgan fingerprint density at radius 3 is 1.62 bits per heavy atom. The molecule has 0 aliphatic carbocycles. The van der Waals surface area contributed by atoms with Crippen molar-refractivity contribution in [3.63, 3.8) is 0 Å². The van der Waals surface area contributed by atoms with Crippen LogP contribution in [0.2, 0.25) is 0 Å². The number of rotatable bonds is 11. The van der Waals surface area contributed by atoms with Gasteiger partial charge in [0.15, 0.2) is 6.29 Å². The second-order valence-corrected chi connectivity index (χ2v) is 8.66. The molecule has 3 aromatic rings. The summed E-state index contributed by atoms with van der Waals surface area (Å²) in [5, 5.41) is 0. The minimum Gasteiger partial charge on any atom is -0.374 e. The smallest absolute Gasteiger partial charge is 0.186 e. The Kier molecular flexibility index (Phi) is 9.25. The van der Waals surface area contributed by atoms with Crippen LogP contribution in [0.1, 0.15) is 23.6 Å². The van der Waals surface area contributed by atoms with E-state index >= 15 is 0 Å². The summed E-state index contributed by atoms with van der Waals surface area (Å²) in [6, 6.07) is 30.5. The Hall–Kier alpha value is -2.54. The Balaban J connectivity index is 1.44. The molecular formula is C29H34O5. The minimum atomic E-state index is -0.550. The molecule has 1 aliphatic heterocycles. The first-order valence-electron chi connectivity index (χ1n) is 11.9. The quantitative estimate of drug-likeness (QED) is 0.383. The summed E-state index contributed by atoms with van der Waals surface area (Å²) in [6.07, 6.45) is -1.31. The molecule has 0 aromatic heterocycles. The van der Waals surface area contributed by atoms with Crippen LogP contribution in [0.25, 0.3) is 0 Å². The third-order valence-corrected chi connectivity index (χ3v) is 6.20. The lowest BCUT2D eigenvalue weighted by molar-refractivity contribution is -0.303. The molecule has 5 atom stereocenters. The van der Waals surface area contributed by atoms with Gasteiger partial charge in [-0.25, -0.2) is 0 Å². The van der Waals surface area contributed by atoms with E-state index in [1.807, 2.05) is 54.6 Å². The lowest BCUT2D eigenvalue weighted by Gasteiger charge is -2.44. The number of benzene rings is 3. The van der Waals surface area contributed by atoms with E-state index in [1.54, 1.807) is 7.11 Å². The Bertz CT molecular complexity index is 950. The number of ether oxygens (including phenoxy) is 5. The van der Waals surface area contributed by atoms with Crippen LogP contribution in [0, 0.1) is 5.92 Å². The standard InChI is InChI=1S/C29H34O5/c1-22-26(21-31-18-23-12-6-3-7-13-23)34-29(30-2)28(33-20-25-16-10-5-11-17-25)27(22)32-19-24-14-8-4-9-15-24/h3-17,22,26-29H,18-21H2,1-2H3/t22-,26-,27+,28+,29+/m1/s1. The zero-order valence-corrected chi connectivity index (χ0v) is 19.9. The van der Waals surface area contributed by atoms with E-state index in [1.165, 1.54) is 0 Å². The summed E-state index contributed by atoms with van der Waals surface area (Å²) in [7, 11) is 1.65. The fraction of sp³-hybridized carbons (Fsp3) is 0.379. The van der Waals surface area contributed by atoms with Gasteiger partial charge in [0.05, 0.1) is 38.6 Å². The van der Waals surface area contributed by atoms with E-state index in [9.17, 15) is 0 Å². The van der Waals surface area contributed by atoms with Crippen molar-refractivity contribution in [2.75, 3.05) is 13.7 Å². The topological polar surface area (TPSA) is 46.2 Å². The van der Waals surface area contributed by atoms with E-state index in [0.717, 1.165) is 16.7 Å². The molecule has 180 valence electrons. The monoisotopic (exact) mass is 462 g/mol. The molecule has 0 unspecified atom stereocenters. The van der Waals surface area contributed by atoms with Gasteiger partial charge in [0.25, 0.3) is 0 Å². The second-order valence-electron chi connectivity index (χ2n) is 8.66. The zero-order chi connectivity index (χ0) is 23.6. The summed E-state index contributed by atoms with van der Waals surface area (Å²) < 4.78 is 30.9. The molecule has 1 heterocycles. The highest BCUT2D eigenvalue weighted by atomic mass is 16.7. The van der Waals surface area contributed by atoms with E-state index in [4.69, 9.17) is 23.7 Å². The van der Waals surface area contributed by atoms with E-state index in [-0.39, 0.29) is 24.2 Å². The molecule has 0 spiro atoms. The van der Waals surface area contributed by atoms with Crippen LogP contribution in [0.4, 0.5) is 0 Å². The third kappa shape index (κ3) is 6.75. The third-order valence-electron chi connectivity index (χ3n) is 6.20.